The van der Waals surface area contributed by atoms with Crippen LogP contribution in [-0.2, 0) is 6.42 Å². The van der Waals surface area contributed by atoms with Crippen molar-refractivity contribution >= 4 is 12.4 Å². The van der Waals surface area contributed by atoms with Crippen LogP contribution in [0, 0.1) is 18.0 Å². The summed E-state index contributed by atoms with van der Waals surface area (Å²) < 4.78 is 0. The predicted octanol–water partition coefficient (Wildman–Crippen LogP) is 16.0. The zero-order chi connectivity index (χ0) is 34.7. The number of hydrogen-bond acceptors (Lipinski definition) is 2. The summed E-state index contributed by atoms with van der Waals surface area (Å²) in [6.45, 7) is 4.62. The van der Waals surface area contributed by atoms with Gasteiger partial charge in [0.2, 0.25) is 6.17 Å². The molecule has 1 aliphatic heterocycles. The summed E-state index contributed by atoms with van der Waals surface area (Å²) in [4.78, 5) is 9.56. The molecule has 2 unspecified atom stereocenters. The maximum Gasteiger partial charge on any atom is 0.244 e. The molecule has 0 aromatic heterocycles. The van der Waals surface area contributed by atoms with E-state index in [2.05, 4.69) is 44.2 Å². The standard InChI is InChI=1S/C47H83N2/c1-3-5-7-9-11-13-15-17-19-21-22-24-26-28-30-35-39-45(43-44-37-33-32-34-38-44)46(47-48-41-42-49-47)40-36-31-29-27-25-23-20-18-16-14-12-10-8-6-4-2/h32-34,37-38,41-42,45-46H,3-31,35-36,39-40,43H2,1-2H3/q+1. The Kier molecular flexibility index (Phi) is 29.9. The Balaban J connectivity index is 1.60. The second kappa shape index (κ2) is 33.6. The van der Waals surface area contributed by atoms with Gasteiger partial charge in [-0.05, 0) is 30.7 Å². The zero-order valence-electron chi connectivity index (χ0n) is 33.1. The van der Waals surface area contributed by atoms with Gasteiger partial charge in [0.25, 0.3) is 0 Å². The first kappa shape index (κ1) is 43.6. The van der Waals surface area contributed by atoms with Crippen LogP contribution in [0.25, 0.3) is 0 Å². The van der Waals surface area contributed by atoms with Gasteiger partial charge in [-0.25, -0.2) is 0 Å². The van der Waals surface area contributed by atoms with Crippen molar-refractivity contribution in [2.45, 2.75) is 232 Å². The van der Waals surface area contributed by atoms with Crippen LogP contribution in [0.3, 0.4) is 0 Å². The van der Waals surface area contributed by atoms with Crippen molar-refractivity contribution in [3.8, 4) is 0 Å². The van der Waals surface area contributed by atoms with Crippen molar-refractivity contribution in [1.29, 1.82) is 0 Å². The van der Waals surface area contributed by atoms with E-state index in [4.69, 9.17) is 9.98 Å². The fourth-order valence-electron chi connectivity index (χ4n) is 8.07. The number of benzene rings is 1. The summed E-state index contributed by atoms with van der Waals surface area (Å²) in [5, 5.41) is 0. The fraction of sp³-hybridized carbons (Fsp3) is 0.809. The van der Waals surface area contributed by atoms with Gasteiger partial charge in [-0.1, -0.05) is 253 Å². The van der Waals surface area contributed by atoms with E-state index in [1.807, 2.05) is 12.4 Å². The van der Waals surface area contributed by atoms with Gasteiger partial charge in [-0.3, -0.25) is 0 Å². The highest BCUT2D eigenvalue weighted by molar-refractivity contribution is 6.18. The minimum absolute atomic E-state index is 0.494. The van der Waals surface area contributed by atoms with E-state index < -0.39 is 0 Å². The summed E-state index contributed by atoms with van der Waals surface area (Å²) in [6, 6.07) is 11.2. The molecule has 0 aliphatic carbocycles. The van der Waals surface area contributed by atoms with Gasteiger partial charge in [0.05, 0.1) is 5.92 Å². The van der Waals surface area contributed by atoms with Gasteiger partial charge < -0.3 is 0 Å². The second-order valence-electron chi connectivity index (χ2n) is 15.8. The monoisotopic (exact) mass is 676 g/mol. The molecule has 0 bridgehead atoms. The number of rotatable bonds is 37. The molecule has 1 aliphatic rings. The average molecular weight is 676 g/mol. The van der Waals surface area contributed by atoms with Gasteiger partial charge in [0, 0.05) is 0 Å². The number of hydrogen-bond donors (Lipinski definition) is 0. The first-order chi connectivity index (χ1) is 24.3. The smallest absolute Gasteiger partial charge is 0.0965 e. The van der Waals surface area contributed by atoms with Crippen molar-refractivity contribution in [1.82, 2.24) is 0 Å². The van der Waals surface area contributed by atoms with Gasteiger partial charge in [0.1, 0.15) is 0 Å². The van der Waals surface area contributed by atoms with E-state index >= 15 is 0 Å². The predicted molar refractivity (Wildman–Crippen MR) is 221 cm³/mol. The molecule has 0 amide bonds. The fourth-order valence-corrected chi connectivity index (χ4v) is 8.07. The van der Waals surface area contributed by atoms with Crippen LogP contribution in [0.1, 0.15) is 231 Å². The third-order valence-electron chi connectivity index (χ3n) is 11.3. The zero-order valence-corrected chi connectivity index (χ0v) is 33.1. The van der Waals surface area contributed by atoms with E-state index in [1.165, 1.54) is 217 Å². The molecule has 2 heteroatoms. The highest BCUT2D eigenvalue weighted by atomic mass is 15.0. The first-order valence-corrected chi connectivity index (χ1v) is 22.3. The lowest BCUT2D eigenvalue weighted by atomic mass is 9.78. The van der Waals surface area contributed by atoms with Crippen molar-refractivity contribution in [3.05, 3.63) is 42.1 Å². The molecule has 49 heavy (non-hydrogen) atoms. The van der Waals surface area contributed by atoms with Crippen LogP contribution in [0.4, 0.5) is 0 Å². The normalized spacial score (nSPS) is 13.9. The Bertz CT molecular complexity index is 848. The van der Waals surface area contributed by atoms with Crippen molar-refractivity contribution in [2.24, 2.45) is 21.8 Å². The SMILES string of the molecule is CCCCCCCCCCCCCCCCCCC(Cc1ccccc1)C(CCCCCCCCCCCCCCCCC)[C+]1N=CC=N1. The van der Waals surface area contributed by atoms with Crippen LogP contribution >= 0.6 is 0 Å². The van der Waals surface area contributed by atoms with E-state index in [-0.39, 0.29) is 0 Å². The summed E-state index contributed by atoms with van der Waals surface area (Å²) in [5.41, 5.74) is 1.48. The summed E-state index contributed by atoms with van der Waals surface area (Å²) in [7, 11) is 0. The van der Waals surface area contributed by atoms with E-state index in [0.717, 1.165) is 12.6 Å². The molecule has 0 saturated heterocycles. The van der Waals surface area contributed by atoms with Crippen molar-refractivity contribution < 1.29 is 0 Å². The highest BCUT2D eigenvalue weighted by Gasteiger charge is 2.35. The van der Waals surface area contributed by atoms with Crippen LogP contribution in [0.15, 0.2) is 40.3 Å². The Morgan fingerprint density at radius 3 is 1.10 bits per heavy atom. The highest BCUT2D eigenvalue weighted by Crippen LogP contribution is 2.37. The molecule has 1 aromatic rings. The average Bonchev–Trinajstić information content (AvgIpc) is 3.66. The van der Waals surface area contributed by atoms with E-state index in [0.29, 0.717) is 11.8 Å². The molecule has 2 rings (SSSR count). The lowest BCUT2D eigenvalue weighted by Crippen LogP contribution is -2.22. The van der Waals surface area contributed by atoms with Gasteiger partial charge >= 0.3 is 0 Å². The first-order valence-electron chi connectivity index (χ1n) is 22.3. The largest absolute Gasteiger partial charge is 0.244 e. The molecule has 1 heterocycles. The number of unbranched alkanes of at least 4 members (excludes halogenated alkanes) is 29. The third kappa shape index (κ3) is 25.1. The van der Waals surface area contributed by atoms with Crippen LogP contribution in [0.5, 0.6) is 0 Å². The Labute approximate surface area is 307 Å². The molecule has 0 N–H and O–H groups in total. The van der Waals surface area contributed by atoms with Crippen molar-refractivity contribution in [3.63, 3.8) is 0 Å². The summed E-state index contributed by atoms with van der Waals surface area (Å²) >= 11 is 0. The summed E-state index contributed by atoms with van der Waals surface area (Å²) in [5.74, 6) is 1.14. The number of aliphatic imine (C=N–C) groups is 2. The third-order valence-corrected chi connectivity index (χ3v) is 11.3. The minimum atomic E-state index is 0.494. The molecule has 0 spiro atoms. The van der Waals surface area contributed by atoms with Crippen molar-refractivity contribution in [2.75, 3.05) is 0 Å². The van der Waals surface area contributed by atoms with Gasteiger partial charge in [-0.15, -0.1) is 0 Å². The lowest BCUT2D eigenvalue weighted by Gasteiger charge is -2.26. The molecule has 0 fully saturated rings. The van der Waals surface area contributed by atoms with Crippen LogP contribution in [0.2, 0.25) is 0 Å². The minimum Gasteiger partial charge on any atom is -0.0965 e. The number of nitrogens with zero attached hydrogens (tertiary/aromatic N) is 2. The maximum absolute atomic E-state index is 4.78. The molecular formula is C47H83N2+. The van der Waals surface area contributed by atoms with Crippen LogP contribution in [-0.4, -0.2) is 12.4 Å². The van der Waals surface area contributed by atoms with Gasteiger partial charge in [-0.2, -0.15) is 0 Å². The maximum atomic E-state index is 4.78. The Morgan fingerprint density at radius 2 is 0.735 bits per heavy atom. The molecule has 280 valence electrons. The van der Waals surface area contributed by atoms with Crippen LogP contribution < -0.4 is 0 Å². The Morgan fingerprint density at radius 1 is 0.408 bits per heavy atom. The molecule has 2 nitrogen and oxygen atoms in total. The molecule has 0 radical (unpaired) electrons. The topological polar surface area (TPSA) is 24.7 Å². The molecule has 2 atom stereocenters. The van der Waals surface area contributed by atoms with E-state index in [9.17, 15) is 0 Å². The Hall–Kier alpha value is -1.57. The van der Waals surface area contributed by atoms with E-state index in [1.54, 1.807) is 0 Å². The quantitative estimate of drug-likeness (QED) is 0.0495. The second-order valence-corrected chi connectivity index (χ2v) is 15.8. The molecule has 1 aromatic carbocycles. The molecule has 0 saturated carbocycles. The summed E-state index contributed by atoms with van der Waals surface area (Å²) in [6.07, 6.45) is 53.0. The molecular weight excluding hydrogens is 593 g/mol. The lowest BCUT2D eigenvalue weighted by molar-refractivity contribution is 0.284. The van der Waals surface area contributed by atoms with Gasteiger partial charge in [0.15, 0.2) is 12.4 Å².